The lowest BCUT2D eigenvalue weighted by molar-refractivity contribution is 0.0119. The summed E-state index contributed by atoms with van der Waals surface area (Å²) in [5, 5.41) is 0. The fraction of sp³-hybridized carbons (Fsp3) is 0.571. The summed E-state index contributed by atoms with van der Waals surface area (Å²) in [6.07, 6.45) is 0.330. The minimum atomic E-state index is -0.0388. The predicted octanol–water partition coefficient (Wildman–Crippen LogP) is 2.90. The second-order valence-electron chi connectivity index (χ2n) is 4.64. The van der Waals surface area contributed by atoms with Crippen molar-refractivity contribution in [3.05, 3.63) is 29.8 Å². The van der Waals surface area contributed by atoms with E-state index in [1.165, 1.54) is 0 Å². The van der Waals surface area contributed by atoms with Gasteiger partial charge >= 0.3 is 0 Å². The van der Waals surface area contributed by atoms with Gasteiger partial charge in [-0.2, -0.15) is 0 Å². The van der Waals surface area contributed by atoms with E-state index in [0.717, 1.165) is 11.3 Å². The Morgan fingerprint density at radius 3 is 2.00 bits per heavy atom. The van der Waals surface area contributed by atoms with Crippen molar-refractivity contribution in [2.45, 2.75) is 46.0 Å². The normalized spacial score (nSPS) is 13.1. The van der Waals surface area contributed by atoms with Crippen LogP contribution in [0.2, 0.25) is 0 Å². The van der Waals surface area contributed by atoms with Crippen LogP contribution in [0.1, 0.15) is 39.4 Å². The van der Waals surface area contributed by atoms with E-state index in [9.17, 15) is 0 Å². The molecule has 0 saturated heterocycles. The summed E-state index contributed by atoms with van der Waals surface area (Å²) in [7, 11) is 0. The first kappa shape index (κ1) is 14.0. The molecule has 0 aliphatic carbocycles. The van der Waals surface area contributed by atoms with Crippen LogP contribution in [0.5, 0.6) is 5.75 Å². The number of rotatable bonds is 6. The van der Waals surface area contributed by atoms with Crippen LogP contribution < -0.4 is 10.5 Å². The average molecular weight is 237 g/mol. The maximum atomic E-state index is 5.74. The molecule has 1 aromatic carbocycles. The molecule has 0 saturated carbocycles. The van der Waals surface area contributed by atoms with Gasteiger partial charge in [-0.25, -0.2) is 0 Å². The smallest absolute Gasteiger partial charge is 0.119 e. The summed E-state index contributed by atoms with van der Waals surface area (Å²) in [5.74, 6) is 0.879. The molecule has 0 amide bonds. The van der Waals surface area contributed by atoms with E-state index in [0.29, 0.717) is 6.54 Å². The molecule has 0 heterocycles. The number of ether oxygens (including phenoxy) is 2. The zero-order valence-corrected chi connectivity index (χ0v) is 11.1. The third-order valence-electron chi connectivity index (χ3n) is 2.27. The van der Waals surface area contributed by atoms with Crippen LogP contribution >= 0.6 is 0 Å². The van der Waals surface area contributed by atoms with E-state index < -0.39 is 0 Å². The van der Waals surface area contributed by atoms with Crippen molar-refractivity contribution in [3.63, 3.8) is 0 Å². The molecule has 0 spiro atoms. The quantitative estimate of drug-likeness (QED) is 0.827. The van der Waals surface area contributed by atoms with Gasteiger partial charge in [0, 0.05) is 6.54 Å². The fourth-order valence-electron chi connectivity index (χ4n) is 1.63. The monoisotopic (exact) mass is 237 g/mol. The predicted molar refractivity (Wildman–Crippen MR) is 70.2 cm³/mol. The van der Waals surface area contributed by atoms with Gasteiger partial charge in [0.2, 0.25) is 0 Å². The molecule has 1 atom stereocenters. The van der Waals surface area contributed by atoms with E-state index >= 15 is 0 Å². The fourth-order valence-corrected chi connectivity index (χ4v) is 1.63. The molecule has 1 aromatic rings. The van der Waals surface area contributed by atoms with Gasteiger partial charge in [-0.15, -0.1) is 0 Å². The maximum Gasteiger partial charge on any atom is 0.119 e. The van der Waals surface area contributed by atoms with Gasteiger partial charge in [0.1, 0.15) is 5.75 Å². The Labute approximate surface area is 104 Å². The van der Waals surface area contributed by atoms with Crippen molar-refractivity contribution in [1.29, 1.82) is 0 Å². The van der Waals surface area contributed by atoms with Crippen LogP contribution in [-0.2, 0) is 4.74 Å². The lowest BCUT2D eigenvalue weighted by Gasteiger charge is -2.19. The van der Waals surface area contributed by atoms with Gasteiger partial charge < -0.3 is 15.2 Å². The first-order valence-electron chi connectivity index (χ1n) is 6.15. The molecule has 0 aromatic heterocycles. The largest absolute Gasteiger partial charge is 0.491 e. The minimum absolute atomic E-state index is 0.0388. The Kier molecular flexibility index (Phi) is 5.45. The van der Waals surface area contributed by atoms with Crippen molar-refractivity contribution in [2.75, 3.05) is 6.54 Å². The van der Waals surface area contributed by atoms with Crippen LogP contribution in [-0.4, -0.2) is 18.8 Å². The molecule has 0 aliphatic heterocycles. The zero-order chi connectivity index (χ0) is 12.8. The number of benzene rings is 1. The Morgan fingerprint density at radius 1 is 1.00 bits per heavy atom. The molecule has 0 radical (unpaired) electrons. The molecule has 3 heteroatoms. The van der Waals surface area contributed by atoms with E-state index in [4.69, 9.17) is 15.2 Å². The second-order valence-corrected chi connectivity index (χ2v) is 4.64. The third kappa shape index (κ3) is 4.75. The van der Waals surface area contributed by atoms with Gasteiger partial charge in [0.05, 0.1) is 18.3 Å². The SMILES string of the molecule is CC(C)Oc1ccc(C(CN)OC(C)C)cc1. The highest BCUT2D eigenvalue weighted by Crippen LogP contribution is 2.21. The second kappa shape index (κ2) is 6.62. The zero-order valence-electron chi connectivity index (χ0n) is 11.1. The van der Waals surface area contributed by atoms with Crippen molar-refractivity contribution < 1.29 is 9.47 Å². The highest BCUT2D eigenvalue weighted by atomic mass is 16.5. The Bertz CT molecular complexity index is 319. The lowest BCUT2D eigenvalue weighted by atomic mass is 10.1. The van der Waals surface area contributed by atoms with E-state index in [-0.39, 0.29) is 18.3 Å². The summed E-state index contributed by atoms with van der Waals surface area (Å²) in [6, 6.07) is 7.94. The first-order chi connectivity index (χ1) is 8.02. The topological polar surface area (TPSA) is 44.5 Å². The molecule has 1 unspecified atom stereocenters. The van der Waals surface area contributed by atoms with Gasteiger partial charge in [-0.3, -0.25) is 0 Å². The van der Waals surface area contributed by atoms with E-state index in [2.05, 4.69) is 0 Å². The van der Waals surface area contributed by atoms with E-state index in [1.54, 1.807) is 0 Å². The summed E-state index contributed by atoms with van der Waals surface area (Å²) in [4.78, 5) is 0. The van der Waals surface area contributed by atoms with Gasteiger partial charge in [-0.05, 0) is 45.4 Å². The molecular weight excluding hydrogens is 214 g/mol. The van der Waals surface area contributed by atoms with Crippen LogP contribution in [0.25, 0.3) is 0 Å². The lowest BCUT2D eigenvalue weighted by Crippen LogP contribution is -2.19. The summed E-state index contributed by atoms with van der Waals surface area (Å²) < 4.78 is 11.3. The third-order valence-corrected chi connectivity index (χ3v) is 2.27. The summed E-state index contributed by atoms with van der Waals surface area (Å²) in [5.41, 5.74) is 6.81. The van der Waals surface area contributed by atoms with Gasteiger partial charge in [0.25, 0.3) is 0 Å². The van der Waals surface area contributed by atoms with Crippen molar-refractivity contribution >= 4 is 0 Å². The molecule has 3 nitrogen and oxygen atoms in total. The molecule has 0 fully saturated rings. The van der Waals surface area contributed by atoms with Crippen LogP contribution in [0.15, 0.2) is 24.3 Å². The Morgan fingerprint density at radius 2 is 1.59 bits per heavy atom. The Balaban J connectivity index is 2.70. The molecule has 0 aliphatic rings. The minimum Gasteiger partial charge on any atom is -0.491 e. The molecule has 1 rings (SSSR count). The first-order valence-corrected chi connectivity index (χ1v) is 6.15. The molecule has 17 heavy (non-hydrogen) atoms. The number of hydrogen-bond donors (Lipinski definition) is 1. The van der Waals surface area contributed by atoms with E-state index in [1.807, 2.05) is 52.0 Å². The molecular formula is C14H23NO2. The molecule has 2 N–H and O–H groups in total. The highest BCUT2D eigenvalue weighted by molar-refractivity contribution is 5.29. The number of nitrogens with two attached hydrogens (primary N) is 1. The van der Waals surface area contributed by atoms with Gasteiger partial charge in [0.15, 0.2) is 0 Å². The van der Waals surface area contributed by atoms with Crippen molar-refractivity contribution in [3.8, 4) is 5.75 Å². The number of hydrogen-bond acceptors (Lipinski definition) is 3. The molecule has 0 bridgehead atoms. The highest BCUT2D eigenvalue weighted by Gasteiger charge is 2.11. The van der Waals surface area contributed by atoms with Crippen LogP contribution in [0.4, 0.5) is 0 Å². The van der Waals surface area contributed by atoms with Crippen LogP contribution in [0.3, 0.4) is 0 Å². The Hall–Kier alpha value is -1.06. The average Bonchev–Trinajstić information content (AvgIpc) is 2.26. The summed E-state index contributed by atoms with van der Waals surface area (Å²) in [6.45, 7) is 8.54. The van der Waals surface area contributed by atoms with Crippen molar-refractivity contribution in [1.82, 2.24) is 0 Å². The maximum absolute atomic E-state index is 5.74. The van der Waals surface area contributed by atoms with Gasteiger partial charge in [-0.1, -0.05) is 12.1 Å². The summed E-state index contributed by atoms with van der Waals surface area (Å²) >= 11 is 0. The van der Waals surface area contributed by atoms with Crippen LogP contribution in [0, 0.1) is 0 Å². The standard InChI is InChI=1S/C14H23NO2/c1-10(2)16-13-7-5-12(6-8-13)14(9-15)17-11(3)4/h5-8,10-11,14H,9,15H2,1-4H3. The van der Waals surface area contributed by atoms with Crippen molar-refractivity contribution in [2.24, 2.45) is 5.73 Å². The molecule has 96 valence electrons.